The van der Waals surface area contributed by atoms with Crippen molar-refractivity contribution in [1.82, 2.24) is 20.6 Å². The molecule has 4 rings (SSSR count). The van der Waals surface area contributed by atoms with Crippen LogP contribution in [-0.2, 0) is 4.79 Å². The van der Waals surface area contributed by atoms with Crippen LogP contribution in [0.1, 0.15) is 44.0 Å². The van der Waals surface area contributed by atoms with E-state index in [1.54, 1.807) is 44.6 Å². The van der Waals surface area contributed by atoms with Gasteiger partial charge >= 0.3 is 6.03 Å². The molecule has 4 aromatic rings. The van der Waals surface area contributed by atoms with Crippen LogP contribution in [0.15, 0.2) is 72.9 Å². The second-order valence-electron chi connectivity index (χ2n) is 8.90. The number of unbranched alkanes of at least 4 members (excludes halogenated alkanes) is 2. The van der Waals surface area contributed by atoms with E-state index in [1.807, 2.05) is 12.1 Å². The number of nitrogens with one attached hydrogen (secondary N) is 4. The minimum absolute atomic E-state index is 0.0413. The number of H-pyrrole nitrogens is 1. The van der Waals surface area contributed by atoms with Gasteiger partial charge < -0.3 is 25.7 Å². The van der Waals surface area contributed by atoms with Crippen LogP contribution in [0.2, 0.25) is 0 Å². The zero-order valence-electron chi connectivity index (χ0n) is 21.2. The smallest absolute Gasteiger partial charge is 0.319 e. The number of carbonyl (C=O) groups excluding carboxylic acids is 2. The molecular formula is C29H33N5O3. The summed E-state index contributed by atoms with van der Waals surface area (Å²) < 4.78 is 5.18. The third kappa shape index (κ3) is 7.10. The Kier molecular flexibility index (Phi) is 8.75. The Bertz CT molecular complexity index is 1330. The summed E-state index contributed by atoms with van der Waals surface area (Å²) in [6.45, 7) is 0. The second kappa shape index (κ2) is 12.6. The summed E-state index contributed by atoms with van der Waals surface area (Å²) in [5.74, 6) is 1.45. The molecule has 0 saturated heterocycles. The van der Waals surface area contributed by atoms with Gasteiger partial charge in [-0.25, -0.2) is 9.78 Å². The first-order chi connectivity index (χ1) is 18.1. The van der Waals surface area contributed by atoms with Gasteiger partial charge in [-0.05, 0) is 53.9 Å². The largest absolute Gasteiger partial charge is 0.497 e. The number of hydrogen-bond acceptors (Lipinski definition) is 4. The van der Waals surface area contributed by atoms with Crippen molar-refractivity contribution in [2.45, 2.75) is 38.1 Å². The highest BCUT2D eigenvalue weighted by Gasteiger charge is 2.18. The van der Waals surface area contributed by atoms with Crippen LogP contribution in [-0.4, -0.2) is 36.1 Å². The molecule has 8 heteroatoms. The quantitative estimate of drug-likeness (QED) is 0.196. The number of aromatic nitrogens is 2. The van der Waals surface area contributed by atoms with Crippen LogP contribution >= 0.6 is 0 Å². The summed E-state index contributed by atoms with van der Waals surface area (Å²) in [5.41, 5.74) is 2.59. The molecule has 0 saturated carbocycles. The summed E-state index contributed by atoms with van der Waals surface area (Å²) in [4.78, 5) is 32.4. The molecule has 8 nitrogen and oxygen atoms in total. The number of carbonyl (C=O) groups is 2. The number of urea groups is 1. The van der Waals surface area contributed by atoms with E-state index in [9.17, 15) is 9.59 Å². The number of benzene rings is 3. The molecule has 0 bridgehead atoms. The zero-order chi connectivity index (χ0) is 26.0. The molecule has 0 aliphatic carbocycles. The molecule has 0 aliphatic rings. The molecule has 192 valence electrons. The number of imidazole rings is 1. The molecule has 0 unspecified atom stereocenters. The monoisotopic (exact) mass is 499 g/mol. The van der Waals surface area contributed by atoms with Crippen molar-refractivity contribution in [3.8, 4) is 17.0 Å². The van der Waals surface area contributed by atoms with Crippen molar-refractivity contribution in [3.63, 3.8) is 0 Å². The summed E-state index contributed by atoms with van der Waals surface area (Å²) in [6, 6.07) is 21.0. The van der Waals surface area contributed by atoms with E-state index in [2.05, 4.69) is 56.3 Å². The molecule has 1 heterocycles. The first kappa shape index (κ1) is 25.8. The summed E-state index contributed by atoms with van der Waals surface area (Å²) in [6.07, 6.45) is 5.51. The van der Waals surface area contributed by atoms with Gasteiger partial charge in [0.2, 0.25) is 5.91 Å². The Morgan fingerprint density at radius 2 is 1.76 bits per heavy atom. The Balaban J connectivity index is 1.46. The number of ether oxygens (including phenoxy) is 1. The Hall–Kier alpha value is -4.33. The molecule has 1 atom stereocenters. The van der Waals surface area contributed by atoms with E-state index in [-0.39, 0.29) is 18.0 Å². The third-order valence-corrected chi connectivity index (χ3v) is 6.31. The topological polar surface area (TPSA) is 108 Å². The van der Waals surface area contributed by atoms with Crippen LogP contribution in [0.25, 0.3) is 22.0 Å². The fraction of sp³-hybridized carbons (Fsp3) is 0.276. The summed E-state index contributed by atoms with van der Waals surface area (Å²) in [5, 5.41) is 10.9. The molecule has 0 fully saturated rings. The van der Waals surface area contributed by atoms with Crippen LogP contribution in [0.5, 0.6) is 5.75 Å². The lowest BCUT2D eigenvalue weighted by molar-refractivity contribution is -0.120. The van der Waals surface area contributed by atoms with E-state index in [4.69, 9.17) is 4.74 Å². The lowest BCUT2D eigenvalue weighted by Gasteiger charge is -2.17. The van der Waals surface area contributed by atoms with E-state index in [1.165, 1.54) is 5.39 Å². The van der Waals surface area contributed by atoms with Crippen LogP contribution in [0, 0.1) is 0 Å². The van der Waals surface area contributed by atoms with E-state index >= 15 is 0 Å². The van der Waals surface area contributed by atoms with Gasteiger partial charge in [0.1, 0.15) is 11.6 Å². The molecule has 0 aliphatic heterocycles. The third-order valence-electron chi connectivity index (χ3n) is 6.31. The van der Waals surface area contributed by atoms with E-state index in [0.29, 0.717) is 24.4 Å². The summed E-state index contributed by atoms with van der Waals surface area (Å²) >= 11 is 0. The van der Waals surface area contributed by atoms with E-state index in [0.717, 1.165) is 41.7 Å². The lowest BCUT2D eigenvalue weighted by Crippen LogP contribution is -2.33. The highest BCUT2D eigenvalue weighted by atomic mass is 16.5. The number of anilines is 1. The van der Waals surface area contributed by atoms with Gasteiger partial charge in [0, 0.05) is 24.7 Å². The Morgan fingerprint density at radius 1 is 0.973 bits per heavy atom. The zero-order valence-corrected chi connectivity index (χ0v) is 21.2. The molecule has 3 amide bonds. The van der Waals surface area contributed by atoms with E-state index < -0.39 is 0 Å². The predicted molar refractivity (Wildman–Crippen MR) is 147 cm³/mol. The minimum Gasteiger partial charge on any atom is -0.497 e. The number of hydrogen-bond donors (Lipinski definition) is 4. The average Bonchev–Trinajstić information content (AvgIpc) is 3.42. The molecule has 0 radical (unpaired) electrons. The van der Waals surface area contributed by atoms with Gasteiger partial charge in [-0.1, -0.05) is 49.2 Å². The first-order valence-electron chi connectivity index (χ1n) is 12.5. The normalized spacial score (nSPS) is 11.6. The maximum Gasteiger partial charge on any atom is 0.319 e. The van der Waals surface area contributed by atoms with Gasteiger partial charge in [-0.15, -0.1) is 0 Å². The second-order valence-corrected chi connectivity index (χ2v) is 8.90. The Morgan fingerprint density at radius 3 is 2.51 bits per heavy atom. The van der Waals surface area contributed by atoms with Gasteiger partial charge in [0.05, 0.1) is 25.0 Å². The number of amides is 3. The maximum absolute atomic E-state index is 12.8. The van der Waals surface area contributed by atoms with Crippen molar-refractivity contribution >= 4 is 28.4 Å². The minimum atomic E-state index is -0.316. The van der Waals surface area contributed by atoms with Gasteiger partial charge in [0.25, 0.3) is 0 Å². The molecule has 1 aromatic heterocycles. The number of methoxy groups -OCH3 is 1. The highest BCUT2D eigenvalue weighted by molar-refractivity contribution is 5.89. The summed E-state index contributed by atoms with van der Waals surface area (Å²) in [7, 11) is 3.25. The van der Waals surface area contributed by atoms with Crippen LogP contribution in [0.4, 0.5) is 10.5 Å². The van der Waals surface area contributed by atoms with Gasteiger partial charge in [-0.3, -0.25) is 4.79 Å². The fourth-order valence-electron chi connectivity index (χ4n) is 4.23. The first-order valence-corrected chi connectivity index (χ1v) is 12.5. The highest BCUT2D eigenvalue weighted by Crippen LogP contribution is 2.26. The van der Waals surface area contributed by atoms with Gasteiger partial charge in [-0.2, -0.15) is 0 Å². The van der Waals surface area contributed by atoms with Crippen molar-refractivity contribution < 1.29 is 14.3 Å². The molecule has 37 heavy (non-hydrogen) atoms. The van der Waals surface area contributed by atoms with Crippen molar-refractivity contribution in [2.24, 2.45) is 0 Å². The van der Waals surface area contributed by atoms with Crippen molar-refractivity contribution in [2.75, 3.05) is 19.5 Å². The number of rotatable bonds is 11. The van der Waals surface area contributed by atoms with Gasteiger partial charge in [0.15, 0.2) is 0 Å². The van der Waals surface area contributed by atoms with Crippen molar-refractivity contribution in [1.29, 1.82) is 0 Å². The predicted octanol–water partition coefficient (Wildman–Crippen LogP) is 5.80. The number of nitrogens with zero attached hydrogens (tertiary/aromatic N) is 1. The lowest BCUT2D eigenvalue weighted by atomic mass is 10.1. The SMILES string of the molecule is CNC(=O)CCCCC[C@H](NC(=O)Nc1ccc(OC)cc1)c1ncc(-c2ccc3ccccc3c2)[nH]1. The number of fused-ring (bicyclic) bond motifs is 1. The van der Waals surface area contributed by atoms with Crippen molar-refractivity contribution in [3.05, 3.63) is 78.8 Å². The molecule has 3 aromatic carbocycles. The fourth-order valence-corrected chi connectivity index (χ4v) is 4.23. The molecular weight excluding hydrogens is 466 g/mol. The van der Waals surface area contributed by atoms with Crippen LogP contribution < -0.4 is 20.7 Å². The van der Waals surface area contributed by atoms with Crippen LogP contribution in [0.3, 0.4) is 0 Å². The number of aromatic amines is 1. The standard InChI is InChI=1S/C29H33N5O3/c1-30-27(35)11-5-3-4-10-25(34-29(36)32-23-14-16-24(37-2)17-15-23)28-31-19-26(33-28)22-13-12-20-8-6-7-9-21(20)18-22/h6-9,12-19,25H,3-5,10-11H2,1-2H3,(H,30,35)(H,31,33)(H2,32,34,36)/t25-/m0/s1. The average molecular weight is 500 g/mol. The maximum atomic E-state index is 12.8. The molecule has 0 spiro atoms. The Labute approximate surface area is 216 Å². The molecule has 4 N–H and O–H groups in total.